The van der Waals surface area contributed by atoms with Crippen molar-refractivity contribution >= 4 is 20.7 Å². The highest BCUT2D eigenvalue weighted by Gasteiger charge is 2.23. The third-order valence-electron chi connectivity index (χ3n) is 1.90. The summed E-state index contributed by atoms with van der Waals surface area (Å²) in [5.41, 5.74) is 0. The first kappa shape index (κ1) is 7.06. The van der Waals surface area contributed by atoms with E-state index >= 15 is 0 Å². The fourth-order valence-electron chi connectivity index (χ4n) is 0.918. The highest BCUT2D eigenvalue weighted by atomic mass is 79.9. The molecule has 0 bridgehead atoms. The van der Waals surface area contributed by atoms with E-state index in [1.54, 1.807) is 4.90 Å². The van der Waals surface area contributed by atoms with Crippen LogP contribution in [0.25, 0.3) is 0 Å². The molecule has 2 nitrogen and oxygen atoms in total. The Morgan fingerprint density at radius 2 is 2.22 bits per heavy atom. The minimum Gasteiger partial charge on any atom is -0.333 e. The van der Waals surface area contributed by atoms with Crippen molar-refractivity contribution < 1.29 is 4.79 Å². The molecular formula is C6H10BrNO. The van der Waals surface area contributed by atoms with Crippen LogP contribution >= 0.6 is 15.9 Å². The van der Waals surface area contributed by atoms with Gasteiger partial charge in [0.25, 0.3) is 4.82 Å². The Bertz CT molecular complexity index is 122. The zero-order chi connectivity index (χ0) is 6.85. The molecular weight excluding hydrogens is 182 g/mol. The van der Waals surface area contributed by atoms with E-state index in [9.17, 15) is 4.79 Å². The molecule has 0 spiro atoms. The number of halogens is 1. The predicted molar refractivity (Wildman–Crippen MR) is 39.7 cm³/mol. The summed E-state index contributed by atoms with van der Waals surface area (Å²) in [5, 5.41) is 0. The van der Waals surface area contributed by atoms with Gasteiger partial charge in [-0.1, -0.05) is 0 Å². The Hall–Kier alpha value is -0.0500. The minimum atomic E-state index is 0.00667. The molecule has 1 amide bonds. The van der Waals surface area contributed by atoms with Crippen molar-refractivity contribution in [3.05, 3.63) is 0 Å². The lowest BCUT2D eigenvalue weighted by atomic mass is 9.92. The maximum atomic E-state index is 10.6. The Morgan fingerprint density at radius 1 is 1.67 bits per heavy atom. The number of nitrogens with zero attached hydrogens (tertiary/aromatic N) is 1. The fraction of sp³-hybridized carbons (Fsp3) is 0.833. The summed E-state index contributed by atoms with van der Waals surface area (Å²) in [6.45, 7) is 0. The summed E-state index contributed by atoms with van der Waals surface area (Å²) in [6.07, 6.45) is 3.62. The highest BCUT2D eigenvalue weighted by Crippen LogP contribution is 2.24. The van der Waals surface area contributed by atoms with Gasteiger partial charge in [0, 0.05) is 29.0 Å². The van der Waals surface area contributed by atoms with Crippen LogP contribution in [0.1, 0.15) is 19.3 Å². The number of hydrogen-bond donors (Lipinski definition) is 0. The number of rotatable bonds is 1. The summed E-state index contributed by atoms with van der Waals surface area (Å²) in [6, 6.07) is 0.511. The number of carbonyl (C=O) groups is 1. The fourth-order valence-corrected chi connectivity index (χ4v) is 1.21. The monoisotopic (exact) mass is 191 g/mol. The lowest BCUT2D eigenvalue weighted by Crippen LogP contribution is -2.38. The lowest BCUT2D eigenvalue weighted by molar-refractivity contribution is 0.180. The molecule has 0 atom stereocenters. The molecule has 0 radical (unpaired) electrons. The maximum Gasteiger partial charge on any atom is 0.289 e. The molecule has 0 aromatic carbocycles. The summed E-state index contributed by atoms with van der Waals surface area (Å²) in [5.74, 6) is 0. The molecule has 52 valence electrons. The molecule has 1 fully saturated rings. The molecule has 1 rings (SSSR count). The third-order valence-corrected chi connectivity index (χ3v) is 2.46. The molecule has 0 aromatic heterocycles. The van der Waals surface area contributed by atoms with Gasteiger partial charge in [0.1, 0.15) is 0 Å². The van der Waals surface area contributed by atoms with Gasteiger partial charge < -0.3 is 4.90 Å². The van der Waals surface area contributed by atoms with Gasteiger partial charge in [-0.3, -0.25) is 4.79 Å². The zero-order valence-electron chi connectivity index (χ0n) is 5.43. The van der Waals surface area contributed by atoms with Crippen LogP contribution in [-0.4, -0.2) is 22.8 Å². The van der Waals surface area contributed by atoms with Crippen molar-refractivity contribution in [1.82, 2.24) is 4.90 Å². The second-order valence-corrected chi connectivity index (χ2v) is 3.13. The van der Waals surface area contributed by atoms with Gasteiger partial charge >= 0.3 is 0 Å². The molecule has 0 N–H and O–H groups in total. The van der Waals surface area contributed by atoms with Crippen LogP contribution in [0.3, 0.4) is 0 Å². The minimum absolute atomic E-state index is 0.00667. The molecule has 0 aliphatic heterocycles. The molecule has 1 aliphatic carbocycles. The van der Waals surface area contributed by atoms with E-state index in [1.807, 2.05) is 7.05 Å². The van der Waals surface area contributed by atoms with Gasteiger partial charge in [0.15, 0.2) is 0 Å². The van der Waals surface area contributed by atoms with Crippen LogP contribution in [-0.2, 0) is 0 Å². The number of carbonyl (C=O) groups excluding carboxylic acids is 1. The van der Waals surface area contributed by atoms with Crippen molar-refractivity contribution in [2.24, 2.45) is 0 Å². The molecule has 0 heterocycles. The van der Waals surface area contributed by atoms with Gasteiger partial charge in [-0.15, -0.1) is 0 Å². The second kappa shape index (κ2) is 2.69. The average Bonchev–Trinajstić information content (AvgIpc) is 1.60. The van der Waals surface area contributed by atoms with E-state index in [4.69, 9.17) is 0 Å². The van der Waals surface area contributed by atoms with Crippen LogP contribution in [0, 0.1) is 0 Å². The zero-order valence-corrected chi connectivity index (χ0v) is 7.02. The summed E-state index contributed by atoms with van der Waals surface area (Å²) >= 11 is 2.90. The van der Waals surface area contributed by atoms with E-state index in [0.717, 1.165) is 0 Å². The summed E-state index contributed by atoms with van der Waals surface area (Å²) in [7, 11) is 1.83. The predicted octanol–water partition coefficient (Wildman–Crippen LogP) is 1.99. The molecule has 0 saturated heterocycles. The Balaban J connectivity index is 2.32. The molecule has 1 saturated carbocycles. The van der Waals surface area contributed by atoms with Crippen LogP contribution in [0.5, 0.6) is 0 Å². The van der Waals surface area contributed by atoms with Gasteiger partial charge in [-0.25, -0.2) is 0 Å². The Kier molecular flexibility index (Phi) is 2.11. The van der Waals surface area contributed by atoms with Crippen LogP contribution in [0.4, 0.5) is 4.79 Å². The van der Waals surface area contributed by atoms with Crippen molar-refractivity contribution in [2.75, 3.05) is 7.05 Å². The maximum absolute atomic E-state index is 10.6. The number of hydrogen-bond acceptors (Lipinski definition) is 1. The van der Waals surface area contributed by atoms with Crippen LogP contribution < -0.4 is 0 Å². The van der Waals surface area contributed by atoms with Crippen molar-refractivity contribution in [3.63, 3.8) is 0 Å². The molecule has 0 aromatic rings. The first-order valence-corrected chi connectivity index (χ1v) is 3.93. The number of amides is 1. The van der Waals surface area contributed by atoms with E-state index in [-0.39, 0.29) is 4.82 Å². The Labute approximate surface area is 63.3 Å². The van der Waals surface area contributed by atoms with Gasteiger partial charge in [-0.05, 0) is 19.3 Å². The van der Waals surface area contributed by atoms with Gasteiger partial charge in [0.05, 0.1) is 0 Å². The normalized spacial score (nSPS) is 18.9. The van der Waals surface area contributed by atoms with E-state index in [0.29, 0.717) is 6.04 Å². The first-order chi connectivity index (χ1) is 4.22. The largest absolute Gasteiger partial charge is 0.333 e. The standard InChI is InChI=1S/C6H10BrNO/c1-8(6(7)9)5-3-2-4-5/h5H,2-4H2,1H3. The lowest BCUT2D eigenvalue weighted by Gasteiger charge is -2.33. The average molecular weight is 192 g/mol. The molecule has 1 aliphatic rings. The van der Waals surface area contributed by atoms with Crippen LogP contribution in [0.2, 0.25) is 0 Å². The van der Waals surface area contributed by atoms with Crippen molar-refractivity contribution in [2.45, 2.75) is 25.3 Å². The smallest absolute Gasteiger partial charge is 0.289 e. The second-order valence-electron chi connectivity index (χ2n) is 2.45. The van der Waals surface area contributed by atoms with E-state index in [2.05, 4.69) is 15.9 Å². The molecule has 0 unspecified atom stereocenters. The topological polar surface area (TPSA) is 20.3 Å². The molecule has 9 heavy (non-hydrogen) atoms. The molecule has 3 heteroatoms. The third kappa shape index (κ3) is 1.45. The highest BCUT2D eigenvalue weighted by molar-refractivity contribution is 9.18. The Morgan fingerprint density at radius 3 is 2.33 bits per heavy atom. The van der Waals surface area contributed by atoms with Crippen molar-refractivity contribution in [1.29, 1.82) is 0 Å². The van der Waals surface area contributed by atoms with Crippen LogP contribution in [0.15, 0.2) is 0 Å². The van der Waals surface area contributed by atoms with E-state index < -0.39 is 0 Å². The van der Waals surface area contributed by atoms with Gasteiger partial charge in [0.2, 0.25) is 0 Å². The summed E-state index contributed by atoms with van der Waals surface area (Å²) < 4.78 is 0. The quantitative estimate of drug-likeness (QED) is 0.459. The van der Waals surface area contributed by atoms with E-state index in [1.165, 1.54) is 19.3 Å². The first-order valence-electron chi connectivity index (χ1n) is 3.14. The van der Waals surface area contributed by atoms with Gasteiger partial charge in [-0.2, -0.15) is 0 Å². The van der Waals surface area contributed by atoms with Crippen molar-refractivity contribution in [3.8, 4) is 0 Å². The summed E-state index contributed by atoms with van der Waals surface area (Å²) in [4.78, 5) is 12.4. The SMILES string of the molecule is CN(C(=O)Br)C1CCC1.